The van der Waals surface area contributed by atoms with E-state index in [0.29, 0.717) is 29.4 Å². The summed E-state index contributed by atoms with van der Waals surface area (Å²) in [5.74, 6) is 0.613. The zero-order valence-electron chi connectivity index (χ0n) is 15.6. The first-order valence-corrected chi connectivity index (χ1v) is 9.29. The van der Waals surface area contributed by atoms with E-state index in [2.05, 4.69) is 38.4 Å². The van der Waals surface area contributed by atoms with Crippen LogP contribution in [0.25, 0.3) is 0 Å². The third-order valence-corrected chi connectivity index (χ3v) is 5.34. The number of carboxylic acid groups (broad SMARTS) is 1. The highest BCUT2D eigenvalue weighted by Gasteiger charge is 2.29. The van der Waals surface area contributed by atoms with Gasteiger partial charge in [-0.1, -0.05) is 26.0 Å². The molecule has 0 aliphatic heterocycles. The molecule has 1 aliphatic rings. The Hall–Kier alpha value is -2.10. The summed E-state index contributed by atoms with van der Waals surface area (Å²) in [7, 11) is 0. The van der Waals surface area contributed by atoms with Crippen LogP contribution in [0.5, 0.6) is 0 Å². The molecule has 1 fully saturated rings. The number of aromatic nitrogens is 2. The predicted molar refractivity (Wildman–Crippen MR) is 99.4 cm³/mol. The number of carbonyl (C=O) groups is 1. The van der Waals surface area contributed by atoms with Crippen molar-refractivity contribution >= 4 is 5.97 Å². The van der Waals surface area contributed by atoms with E-state index in [4.69, 9.17) is 10.2 Å². The molecule has 1 N–H and O–H groups in total. The van der Waals surface area contributed by atoms with Crippen LogP contribution in [0.2, 0.25) is 0 Å². The predicted octanol–water partition coefficient (Wildman–Crippen LogP) is 5.34. The van der Waals surface area contributed by atoms with Crippen LogP contribution in [-0.2, 0) is 0 Å². The Bertz CT molecular complexity index is 718. The summed E-state index contributed by atoms with van der Waals surface area (Å²) in [6.07, 6.45) is 3.39. The number of hydrogen-bond acceptors (Lipinski definition) is 2. The molecule has 4 nitrogen and oxygen atoms in total. The molecule has 1 aliphatic carbocycles. The molecule has 3 rings (SSSR count). The zero-order chi connectivity index (χ0) is 18.1. The lowest BCUT2D eigenvalue weighted by molar-refractivity contribution is 0.0697. The molecule has 1 saturated carbocycles. The second kappa shape index (κ2) is 7.03. The van der Waals surface area contributed by atoms with Gasteiger partial charge in [0.15, 0.2) is 0 Å². The van der Waals surface area contributed by atoms with Gasteiger partial charge in [0.2, 0.25) is 0 Å². The molecule has 0 saturated heterocycles. The SMILES string of the molecule is CC(C)c1cc(C2CCC(c3ccc(C(=O)O)cc3)C2)nn1C(C)C. The minimum absolute atomic E-state index is 0.357. The molecule has 2 unspecified atom stereocenters. The Morgan fingerprint density at radius 1 is 1.12 bits per heavy atom. The molecule has 4 heteroatoms. The quantitative estimate of drug-likeness (QED) is 0.799. The van der Waals surface area contributed by atoms with Crippen molar-refractivity contribution in [2.75, 3.05) is 0 Å². The van der Waals surface area contributed by atoms with Crippen molar-refractivity contribution in [1.29, 1.82) is 0 Å². The number of carboxylic acids is 1. The molecule has 0 radical (unpaired) electrons. The minimum atomic E-state index is -0.865. The summed E-state index contributed by atoms with van der Waals surface area (Å²) in [6, 6.07) is 10.1. The van der Waals surface area contributed by atoms with E-state index in [-0.39, 0.29) is 0 Å². The first kappa shape index (κ1) is 17.7. The summed E-state index contributed by atoms with van der Waals surface area (Å²) in [5.41, 5.74) is 4.15. The van der Waals surface area contributed by atoms with Crippen molar-refractivity contribution in [1.82, 2.24) is 9.78 Å². The summed E-state index contributed by atoms with van der Waals surface area (Å²) < 4.78 is 2.18. The van der Waals surface area contributed by atoms with Crippen molar-refractivity contribution in [3.63, 3.8) is 0 Å². The molecule has 0 bridgehead atoms. The largest absolute Gasteiger partial charge is 0.478 e. The van der Waals surface area contributed by atoms with E-state index in [9.17, 15) is 4.79 Å². The van der Waals surface area contributed by atoms with Gasteiger partial charge in [-0.15, -0.1) is 0 Å². The number of hydrogen-bond donors (Lipinski definition) is 1. The standard InChI is InChI=1S/C21H28N2O2/c1-13(2)20-12-19(22-23(20)14(3)4)18-10-9-17(11-18)15-5-7-16(8-6-15)21(24)25/h5-8,12-14,17-18H,9-11H2,1-4H3,(H,24,25). The molecule has 134 valence electrons. The molecule has 2 atom stereocenters. The number of aromatic carboxylic acids is 1. The molecule has 2 aromatic rings. The molecule has 1 aromatic heterocycles. The Balaban J connectivity index is 1.76. The van der Waals surface area contributed by atoms with Crippen LogP contribution in [0.3, 0.4) is 0 Å². The van der Waals surface area contributed by atoms with Gasteiger partial charge in [0, 0.05) is 17.7 Å². The van der Waals surface area contributed by atoms with Crippen molar-refractivity contribution < 1.29 is 9.90 Å². The van der Waals surface area contributed by atoms with Crippen LogP contribution < -0.4 is 0 Å². The van der Waals surface area contributed by atoms with E-state index in [1.165, 1.54) is 17.0 Å². The Morgan fingerprint density at radius 2 is 1.76 bits per heavy atom. The van der Waals surface area contributed by atoms with E-state index >= 15 is 0 Å². The third-order valence-electron chi connectivity index (χ3n) is 5.34. The van der Waals surface area contributed by atoms with E-state index < -0.39 is 5.97 Å². The highest BCUT2D eigenvalue weighted by molar-refractivity contribution is 5.87. The number of nitrogens with zero attached hydrogens (tertiary/aromatic N) is 2. The van der Waals surface area contributed by atoms with E-state index in [0.717, 1.165) is 19.3 Å². The normalized spacial score (nSPS) is 20.6. The van der Waals surface area contributed by atoms with Gasteiger partial charge >= 0.3 is 5.97 Å². The highest BCUT2D eigenvalue weighted by atomic mass is 16.4. The number of benzene rings is 1. The van der Waals surface area contributed by atoms with E-state index in [1.807, 2.05) is 12.1 Å². The monoisotopic (exact) mass is 340 g/mol. The smallest absolute Gasteiger partial charge is 0.335 e. The fourth-order valence-electron chi connectivity index (χ4n) is 3.92. The topological polar surface area (TPSA) is 55.1 Å². The maximum absolute atomic E-state index is 11.0. The first-order valence-electron chi connectivity index (χ1n) is 9.29. The summed E-state index contributed by atoms with van der Waals surface area (Å²) >= 11 is 0. The van der Waals surface area contributed by atoms with Crippen molar-refractivity contribution in [3.8, 4) is 0 Å². The van der Waals surface area contributed by atoms with Crippen LogP contribution in [0.15, 0.2) is 30.3 Å². The lowest BCUT2D eigenvalue weighted by atomic mass is 9.94. The van der Waals surface area contributed by atoms with Gasteiger partial charge in [0.05, 0.1) is 11.3 Å². The molecular formula is C21H28N2O2. The maximum atomic E-state index is 11.0. The van der Waals surface area contributed by atoms with Gasteiger partial charge in [-0.25, -0.2) is 4.79 Å². The van der Waals surface area contributed by atoms with Gasteiger partial charge in [-0.05, 0) is 68.7 Å². The Labute approximate surface area is 149 Å². The first-order chi connectivity index (χ1) is 11.9. The summed E-state index contributed by atoms with van der Waals surface area (Å²) in [6.45, 7) is 8.82. The van der Waals surface area contributed by atoms with Crippen LogP contribution in [-0.4, -0.2) is 20.9 Å². The highest BCUT2D eigenvalue weighted by Crippen LogP contribution is 2.43. The lowest BCUT2D eigenvalue weighted by Gasteiger charge is -2.13. The minimum Gasteiger partial charge on any atom is -0.478 e. The van der Waals surface area contributed by atoms with Crippen LogP contribution in [0.1, 0.15) is 98.1 Å². The maximum Gasteiger partial charge on any atom is 0.335 e. The summed E-state index contributed by atoms with van der Waals surface area (Å²) in [4.78, 5) is 11.0. The fraction of sp³-hybridized carbons (Fsp3) is 0.524. The second-order valence-electron chi connectivity index (χ2n) is 7.82. The molecule has 25 heavy (non-hydrogen) atoms. The van der Waals surface area contributed by atoms with E-state index in [1.54, 1.807) is 12.1 Å². The van der Waals surface area contributed by atoms with Gasteiger partial charge in [-0.3, -0.25) is 4.68 Å². The number of rotatable bonds is 5. The second-order valence-corrected chi connectivity index (χ2v) is 7.82. The van der Waals surface area contributed by atoms with Gasteiger partial charge in [-0.2, -0.15) is 5.10 Å². The molecule has 0 spiro atoms. The lowest BCUT2D eigenvalue weighted by Crippen LogP contribution is -2.09. The average molecular weight is 340 g/mol. The van der Waals surface area contributed by atoms with Crippen molar-refractivity contribution in [2.24, 2.45) is 0 Å². The van der Waals surface area contributed by atoms with Gasteiger partial charge in [0.25, 0.3) is 0 Å². The van der Waals surface area contributed by atoms with Crippen LogP contribution in [0.4, 0.5) is 0 Å². The Morgan fingerprint density at radius 3 is 2.28 bits per heavy atom. The zero-order valence-corrected chi connectivity index (χ0v) is 15.6. The van der Waals surface area contributed by atoms with Crippen molar-refractivity contribution in [3.05, 3.63) is 52.8 Å². The molecular weight excluding hydrogens is 312 g/mol. The third kappa shape index (κ3) is 3.63. The summed E-state index contributed by atoms with van der Waals surface area (Å²) in [5, 5.41) is 14.0. The average Bonchev–Trinajstić information content (AvgIpc) is 3.22. The molecule has 1 heterocycles. The fourth-order valence-corrected chi connectivity index (χ4v) is 3.92. The van der Waals surface area contributed by atoms with Gasteiger partial charge in [0.1, 0.15) is 0 Å². The van der Waals surface area contributed by atoms with Crippen LogP contribution >= 0.6 is 0 Å². The molecule has 0 amide bonds. The van der Waals surface area contributed by atoms with Crippen LogP contribution in [0, 0.1) is 0 Å². The van der Waals surface area contributed by atoms with Gasteiger partial charge < -0.3 is 5.11 Å². The molecule has 1 aromatic carbocycles. The Kier molecular flexibility index (Phi) is 4.98. The van der Waals surface area contributed by atoms with Crippen molar-refractivity contribution in [2.45, 2.75) is 70.8 Å².